The summed E-state index contributed by atoms with van der Waals surface area (Å²) in [6, 6.07) is 13.4. The van der Waals surface area contributed by atoms with E-state index in [4.69, 9.17) is 5.73 Å². The highest BCUT2D eigenvalue weighted by Crippen LogP contribution is 2.37. The van der Waals surface area contributed by atoms with Crippen LogP contribution in [0.2, 0.25) is 0 Å². The van der Waals surface area contributed by atoms with Gasteiger partial charge in [0.1, 0.15) is 12.3 Å². The minimum absolute atomic E-state index is 0.142. The molecule has 2 aromatic rings. The Labute approximate surface area is 203 Å². The number of halogens is 3. The third kappa shape index (κ3) is 5.77. The Balaban J connectivity index is 1.38. The Morgan fingerprint density at radius 3 is 2.31 bits per heavy atom. The van der Waals surface area contributed by atoms with Crippen LogP contribution in [0, 0.1) is 0 Å². The van der Waals surface area contributed by atoms with Crippen molar-refractivity contribution in [2.75, 3.05) is 36.4 Å². The molecule has 4 rings (SSSR count). The molecule has 2 aliphatic rings. The summed E-state index contributed by atoms with van der Waals surface area (Å²) < 4.78 is 40.1. The maximum absolute atomic E-state index is 13.4. The smallest absolute Gasteiger partial charge is 0.384 e. The van der Waals surface area contributed by atoms with E-state index >= 15 is 0 Å². The van der Waals surface area contributed by atoms with Gasteiger partial charge in [-0.15, -0.1) is 0 Å². The highest BCUT2D eigenvalue weighted by Gasteiger charge is 2.36. The SMILES string of the molecule is CC(C)N1CCN(c2ccc(NC3=NC(N)C(C(O)c4ccccc4C(F)(F)F)=CN3)cc2)CC1. The number of anilines is 2. The Hall–Kier alpha value is -3.08. The van der Waals surface area contributed by atoms with Crippen molar-refractivity contribution >= 4 is 17.3 Å². The first-order valence-electron chi connectivity index (χ1n) is 11.6. The molecule has 35 heavy (non-hydrogen) atoms. The van der Waals surface area contributed by atoms with Crippen LogP contribution in [-0.4, -0.2) is 54.4 Å². The van der Waals surface area contributed by atoms with Crippen LogP contribution in [0.15, 0.2) is 65.3 Å². The second kappa shape index (κ2) is 10.3. The highest BCUT2D eigenvalue weighted by molar-refractivity contribution is 5.95. The average molecular weight is 489 g/mol. The van der Waals surface area contributed by atoms with Crippen molar-refractivity contribution in [1.82, 2.24) is 10.2 Å². The van der Waals surface area contributed by atoms with Crippen LogP contribution < -0.4 is 21.3 Å². The lowest BCUT2D eigenvalue weighted by Gasteiger charge is -2.38. The van der Waals surface area contributed by atoms with Crippen molar-refractivity contribution in [3.63, 3.8) is 0 Å². The van der Waals surface area contributed by atoms with E-state index in [0.29, 0.717) is 12.0 Å². The number of hydrogen-bond acceptors (Lipinski definition) is 7. The molecular formula is C25H31F3N6O. The summed E-state index contributed by atoms with van der Waals surface area (Å²) >= 11 is 0. The van der Waals surface area contributed by atoms with E-state index < -0.39 is 24.0 Å². The molecule has 2 aromatic carbocycles. The Morgan fingerprint density at radius 1 is 1.06 bits per heavy atom. The average Bonchev–Trinajstić information content (AvgIpc) is 2.84. The lowest BCUT2D eigenvalue weighted by Crippen LogP contribution is -2.48. The number of aliphatic hydroxyl groups excluding tert-OH is 1. The van der Waals surface area contributed by atoms with Gasteiger partial charge in [-0.1, -0.05) is 18.2 Å². The molecule has 7 nitrogen and oxygen atoms in total. The molecule has 0 radical (unpaired) electrons. The number of benzene rings is 2. The van der Waals surface area contributed by atoms with Crippen LogP contribution in [0.3, 0.4) is 0 Å². The van der Waals surface area contributed by atoms with Crippen LogP contribution in [0.4, 0.5) is 24.5 Å². The van der Waals surface area contributed by atoms with Crippen LogP contribution in [0.25, 0.3) is 0 Å². The molecule has 2 atom stereocenters. The van der Waals surface area contributed by atoms with Gasteiger partial charge in [0.25, 0.3) is 0 Å². The van der Waals surface area contributed by atoms with Gasteiger partial charge in [0.15, 0.2) is 0 Å². The number of nitrogens with one attached hydrogen (secondary N) is 2. The van der Waals surface area contributed by atoms with Crippen LogP contribution in [0.5, 0.6) is 0 Å². The van der Waals surface area contributed by atoms with Crippen LogP contribution >= 0.6 is 0 Å². The van der Waals surface area contributed by atoms with E-state index in [-0.39, 0.29) is 11.1 Å². The summed E-state index contributed by atoms with van der Waals surface area (Å²) in [4.78, 5) is 9.09. The van der Waals surface area contributed by atoms with E-state index in [1.54, 1.807) is 0 Å². The molecule has 1 fully saturated rings. The molecule has 1 saturated heterocycles. The standard InChI is InChI=1S/C25H31F3N6O/c1-16(2)33-11-13-34(14-12-33)18-9-7-17(8-10-18)31-24-30-15-20(23(29)32-24)22(35)19-5-3-4-6-21(19)25(26,27)28/h3-10,15-16,22-23,35H,11-14,29H2,1-2H3,(H2,30,31,32). The van der Waals surface area contributed by atoms with Gasteiger partial charge in [-0.3, -0.25) is 4.90 Å². The molecule has 5 N–H and O–H groups in total. The molecule has 0 amide bonds. The summed E-state index contributed by atoms with van der Waals surface area (Å²) in [5, 5.41) is 16.7. The van der Waals surface area contributed by atoms with Crippen LogP contribution in [-0.2, 0) is 6.18 Å². The monoisotopic (exact) mass is 488 g/mol. The molecule has 0 saturated carbocycles. The van der Waals surface area contributed by atoms with Gasteiger partial charge in [0.05, 0.1) is 5.56 Å². The van der Waals surface area contributed by atoms with E-state index in [2.05, 4.69) is 39.3 Å². The molecule has 0 aliphatic carbocycles. The summed E-state index contributed by atoms with van der Waals surface area (Å²) in [6.07, 6.45) is -5.74. The molecule has 188 valence electrons. The maximum Gasteiger partial charge on any atom is 0.416 e. The zero-order valence-electron chi connectivity index (χ0n) is 19.8. The van der Waals surface area contributed by atoms with E-state index in [0.717, 1.165) is 43.6 Å². The fourth-order valence-corrected chi connectivity index (χ4v) is 4.36. The number of aliphatic hydroxyl groups is 1. The maximum atomic E-state index is 13.4. The minimum Gasteiger partial charge on any atom is -0.384 e. The van der Waals surface area contributed by atoms with Gasteiger partial charge >= 0.3 is 6.18 Å². The van der Waals surface area contributed by atoms with Crippen molar-refractivity contribution in [2.45, 2.75) is 38.3 Å². The predicted molar refractivity (Wildman–Crippen MR) is 132 cm³/mol. The summed E-state index contributed by atoms with van der Waals surface area (Å²) in [6.45, 7) is 8.44. The molecule has 2 unspecified atom stereocenters. The van der Waals surface area contributed by atoms with Crippen molar-refractivity contribution in [2.24, 2.45) is 10.7 Å². The Kier molecular flexibility index (Phi) is 7.34. The van der Waals surface area contributed by atoms with Crippen molar-refractivity contribution in [3.8, 4) is 0 Å². The zero-order chi connectivity index (χ0) is 25.2. The molecule has 2 aliphatic heterocycles. The number of nitrogens with zero attached hydrogens (tertiary/aromatic N) is 3. The van der Waals surface area contributed by atoms with Gasteiger partial charge in [0.2, 0.25) is 5.96 Å². The quantitative estimate of drug-likeness (QED) is 0.515. The van der Waals surface area contributed by atoms with Gasteiger partial charge in [-0.05, 0) is 49.7 Å². The lowest BCUT2D eigenvalue weighted by molar-refractivity contribution is -0.139. The van der Waals surface area contributed by atoms with Gasteiger partial charge in [-0.2, -0.15) is 13.2 Å². The molecular weight excluding hydrogens is 457 g/mol. The molecule has 2 heterocycles. The minimum atomic E-state index is -4.59. The summed E-state index contributed by atoms with van der Waals surface area (Å²) in [5.74, 6) is 0.343. The lowest BCUT2D eigenvalue weighted by atomic mass is 9.95. The van der Waals surface area contributed by atoms with Crippen molar-refractivity contribution < 1.29 is 18.3 Å². The zero-order valence-corrected chi connectivity index (χ0v) is 19.8. The topological polar surface area (TPSA) is 89.2 Å². The number of hydrogen-bond donors (Lipinski definition) is 4. The third-order valence-corrected chi connectivity index (χ3v) is 6.40. The first-order chi connectivity index (χ1) is 16.6. The molecule has 10 heteroatoms. The normalized spacial score (nSPS) is 20.2. The number of alkyl halides is 3. The number of guanidine groups is 1. The van der Waals surface area contributed by atoms with E-state index in [1.807, 2.05) is 24.3 Å². The van der Waals surface area contributed by atoms with Gasteiger partial charge in [0, 0.05) is 55.4 Å². The number of rotatable bonds is 5. The number of piperazine rings is 1. The third-order valence-electron chi connectivity index (χ3n) is 6.40. The molecule has 0 spiro atoms. The second-order valence-corrected chi connectivity index (χ2v) is 8.99. The van der Waals surface area contributed by atoms with Gasteiger partial charge in [-0.25, -0.2) is 4.99 Å². The first kappa shape index (κ1) is 25.0. The first-order valence-corrected chi connectivity index (χ1v) is 11.6. The summed E-state index contributed by atoms with van der Waals surface area (Å²) in [7, 11) is 0. The number of nitrogens with two attached hydrogens (primary N) is 1. The van der Waals surface area contributed by atoms with Crippen LogP contribution in [0.1, 0.15) is 31.1 Å². The van der Waals surface area contributed by atoms with E-state index in [9.17, 15) is 18.3 Å². The van der Waals surface area contributed by atoms with Gasteiger partial charge < -0.3 is 26.4 Å². The fourth-order valence-electron chi connectivity index (χ4n) is 4.36. The molecule has 0 aromatic heterocycles. The van der Waals surface area contributed by atoms with Crippen molar-refractivity contribution in [3.05, 3.63) is 71.4 Å². The Bertz CT molecular complexity index is 1080. The number of aliphatic imine (C=N–C) groups is 1. The second-order valence-electron chi connectivity index (χ2n) is 8.99. The Morgan fingerprint density at radius 2 is 1.71 bits per heavy atom. The molecule has 0 bridgehead atoms. The van der Waals surface area contributed by atoms with Crippen molar-refractivity contribution in [1.29, 1.82) is 0 Å². The van der Waals surface area contributed by atoms with E-state index in [1.165, 1.54) is 24.4 Å². The largest absolute Gasteiger partial charge is 0.416 e. The fraction of sp³-hybridized carbons (Fsp3) is 0.400. The highest BCUT2D eigenvalue weighted by atomic mass is 19.4. The summed E-state index contributed by atoms with van der Waals surface area (Å²) in [5.41, 5.74) is 6.99. The predicted octanol–water partition coefficient (Wildman–Crippen LogP) is 3.51.